The van der Waals surface area contributed by atoms with Crippen LogP contribution in [0.2, 0.25) is 10.0 Å². The lowest BCUT2D eigenvalue weighted by Crippen LogP contribution is -2.73. The van der Waals surface area contributed by atoms with Gasteiger partial charge in [0.05, 0.1) is 35.4 Å². The number of ketones is 1. The van der Waals surface area contributed by atoms with Gasteiger partial charge in [-0.05, 0) is 152 Å². The predicted molar refractivity (Wildman–Crippen MR) is 292 cm³/mol. The van der Waals surface area contributed by atoms with Gasteiger partial charge in [-0.1, -0.05) is 78.7 Å². The summed E-state index contributed by atoms with van der Waals surface area (Å²) in [5, 5.41) is 9.85. The average Bonchev–Trinajstić information content (AvgIpc) is 4.17. The number of imidazole rings is 1. The minimum Gasteiger partial charge on any atom is -0.457 e. The maximum Gasteiger partial charge on any atom is 0.153 e. The van der Waals surface area contributed by atoms with Gasteiger partial charge in [-0.15, -0.1) is 0 Å². The number of Topliss-reactive ketones (excluding diaryl/α,β-unsaturated/α-hetero) is 1. The molecule has 4 aromatic carbocycles. The Morgan fingerprint density at radius 2 is 1.59 bits per heavy atom. The number of rotatable bonds is 13. The molecule has 1 saturated carbocycles. The summed E-state index contributed by atoms with van der Waals surface area (Å²) in [6, 6.07) is 34.0. The Hall–Kier alpha value is -4.14. The summed E-state index contributed by atoms with van der Waals surface area (Å²) < 4.78 is 15.3. The van der Waals surface area contributed by atoms with Crippen molar-refractivity contribution in [2.45, 2.75) is 133 Å². The summed E-state index contributed by atoms with van der Waals surface area (Å²) in [7, 11) is 10.7. The molecule has 1 aliphatic carbocycles. The van der Waals surface area contributed by atoms with Crippen molar-refractivity contribution in [1.29, 1.82) is 0 Å². The molecule has 13 heteroatoms. The molecule has 8 unspecified atom stereocenters. The fraction of sp³-hybridized carbons (Fsp3) is 0.533. The number of benzene rings is 4. The molecule has 0 radical (unpaired) electrons. The lowest BCUT2D eigenvalue weighted by atomic mass is 9.54. The third-order valence-electron chi connectivity index (χ3n) is 19.2. The van der Waals surface area contributed by atoms with Gasteiger partial charge in [-0.25, -0.2) is 4.98 Å². The average molecular weight is 1030 g/mol. The maximum atomic E-state index is 17.5. The van der Waals surface area contributed by atoms with Crippen LogP contribution >= 0.6 is 23.2 Å². The molecule has 0 amide bonds. The lowest BCUT2D eigenvalue weighted by Gasteiger charge is -2.57. The molecule has 13 atom stereocenters. The summed E-state index contributed by atoms with van der Waals surface area (Å²) >= 11 is 13.3. The van der Waals surface area contributed by atoms with Crippen LogP contribution in [0.4, 0.5) is 0 Å². The van der Waals surface area contributed by atoms with E-state index in [1.54, 1.807) is 7.11 Å². The number of aromatic nitrogens is 2. The molecule has 6 aliphatic rings. The highest BCUT2D eigenvalue weighted by molar-refractivity contribution is 6.31. The smallest absolute Gasteiger partial charge is 0.153 e. The van der Waals surface area contributed by atoms with Crippen molar-refractivity contribution in [3.8, 4) is 22.8 Å². The molecule has 5 saturated heterocycles. The Kier molecular flexibility index (Phi) is 14.3. The van der Waals surface area contributed by atoms with E-state index < -0.39 is 10.8 Å². The van der Waals surface area contributed by atoms with Gasteiger partial charge in [0.25, 0.3) is 0 Å². The number of likely N-dealkylation sites (N-methyl/N-ethyl adjacent to an activating group) is 2. The van der Waals surface area contributed by atoms with Gasteiger partial charge in [0.1, 0.15) is 17.3 Å². The molecule has 6 heterocycles. The van der Waals surface area contributed by atoms with Gasteiger partial charge < -0.3 is 24.7 Å². The van der Waals surface area contributed by atoms with E-state index in [-0.39, 0.29) is 60.3 Å². The zero-order chi connectivity index (χ0) is 50.9. The first-order valence-electron chi connectivity index (χ1n) is 27.1. The zero-order valence-electron chi connectivity index (χ0n) is 44.1. The third kappa shape index (κ3) is 8.61. The van der Waals surface area contributed by atoms with Crippen LogP contribution in [0.1, 0.15) is 81.4 Å². The number of hydrogen-bond acceptors (Lipinski definition) is 10. The van der Waals surface area contributed by atoms with Crippen LogP contribution in [0, 0.1) is 16.7 Å². The first kappa shape index (κ1) is 51.0. The summed E-state index contributed by atoms with van der Waals surface area (Å²) in [6.07, 6.45) is 8.57. The van der Waals surface area contributed by atoms with Crippen molar-refractivity contribution >= 4 is 29.0 Å². The van der Waals surface area contributed by atoms with E-state index in [4.69, 9.17) is 37.7 Å². The van der Waals surface area contributed by atoms with E-state index in [9.17, 15) is 0 Å². The monoisotopic (exact) mass is 1030 g/mol. The second-order valence-corrected chi connectivity index (χ2v) is 23.7. The quantitative estimate of drug-likeness (QED) is 0.119. The van der Waals surface area contributed by atoms with Crippen LogP contribution < -0.4 is 15.4 Å². The van der Waals surface area contributed by atoms with Crippen molar-refractivity contribution in [3.05, 3.63) is 136 Å². The Morgan fingerprint density at radius 3 is 2.30 bits per heavy atom. The minimum atomic E-state index is -0.773. The third-order valence-corrected chi connectivity index (χ3v) is 19.7. The number of methoxy groups -OCH3 is 1. The molecule has 11 nitrogen and oxygen atoms in total. The molecule has 6 fully saturated rings. The van der Waals surface area contributed by atoms with Crippen molar-refractivity contribution < 1.29 is 14.3 Å². The van der Waals surface area contributed by atoms with Gasteiger partial charge in [-0.2, -0.15) is 0 Å². The number of halogens is 2. The Bertz CT molecular complexity index is 2760. The van der Waals surface area contributed by atoms with Crippen LogP contribution in [0.15, 0.2) is 103 Å². The zero-order valence-corrected chi connectivity index (χ0v) is 45.6. The van der Waals surface area contributed by atoms with Gasteiger partial charge in [0.2, 0.25) is 0 Å². The Morgan fingerprint density at radius 1 is 0.849 bits per heavy atom. The van der Waals surface area contributed by atoms with Gasteiger partial charge in [0, 0.05) is 103 Å². The summed E-state index contributed by atoms with van der Waals surface area (Å²) in [4.78, 5) is 32.8. The molecule has 5 aliphatic heterocycles. The molecular formula is C60H76Cl2N8O3. The van der Waals surface area contributed by atoms with Gasteiger partial charge in [0.15, 0.2) is 5.78 Å². The summed E-state index contributed by atoms with van der Waals surface area (Å²) in [5.41, 5.74) is 4.32. The number of carbonyl (C=O) groups excluding carboxylic acids is 1. The Balaban J connectivity index is 1.01. The lowest BCUT2D eigenvalue weighted by molar-refractivity contribution is -0.154. The van der Waals surface area contributed by atoms with Crippen molar-refractivity contribution in [1.82, 2.24) is 39.8 Å². The number of nitrogens with one attached hydrogen (secondary N) is 2. The van der Waals surface area contributed by atoms with Gasteiger partial charge >= 0.3 is 0 Å². The normalized spacial score (nSPS) is 33.8. The number of likely N-dealkylation sites (tertiary alicyclic amines) is 3. The number of piperidine rings is 1. The molecule has 11 rings (SSSR count). The highest BCUT2D eigenvalue weighted by atomic mass is 35.5. The first-order chi connectivity index (χ1) is 35.3. The van der Waals surface area contributed by atoms with E-state index in [2.05, 4.69) is 157 Å². The summed E-state index contributed by atoms with van der Waals surface area (Å²) in [5.74, 6) is 3.24. The Labute approximate surface area is 443 Å². The maximum absolute atomic E-state index is 17.5. The molecule has 2 bridgehead atoms. The highest BCUT2D eigenvalue weighted by Gasteiger charge is 2.77. The van der Waals surface area contributed by atoms with Crippen LogP contribution in [0.5, 0.6) is 11.5 Å². The fourth-order valence-corrected chi connectivity index (χ4v) is 16.1. The molecule has 1 aromatic heterocycles. The largest absolute Gasteiger partial charge is 0.457 e. The predicted octanol–water partition coefficient (Wildman–Crippen LogP) is 9.70. The number of hydrogen-bond donors (Lipinski definition) is 2. The molecule has 2 N–H and O–H groups in total. The van der Waals surface area contributed by atoms with E-state index in [1.807, 2.05) is 30.5 Å². The molecule has 5 aromatic rings. The second-order valence-electron chi connectivity index (χ2n) is 22.8. The van der Waals surface area contributed by atoms with E-state index in [1.165, 1.54) is 17.5 Å². The van der Waals surface area contributed by atoms with Crippen molar-refractivity contribution in [3.63, 3.8) is 0 Å². The van der Waals surface area contributed by atoms with Crippen LogP contribution in [0.3, 0.4) is 0 Å². The SMILES string of the molecule is CCC12C(=O)C34C5C[C@H](Cc6ccc(Cl)cc6)N(C)C3[C@@H](COC)NC4[C@H](C)N(Cc3ccc(Cl)cc3Oc3ccc(-c4cnc(C6CCCN6C)n4C)cc3)C1C[C@@H](Cc1ccccc1)C2N(C)[C@@H](C)CN5. The molecule has 1 spiro atoms. The van der Waals surface area contributed by atoms with E-state index in [0.29, 0.717) is 30.0 Å². The van der Waals surface area contributed by atoms with E-state index >= 15 is 4.79 Å². The standard InChI is InChI=1S/C60H76Cl2N8O3/c1-9-59-53-30-43(28-39-14-11-10-12-15-39)55(59)67(5)37(2)33-63-52-32-46(29-40-17-22-44(61)23-18-40)68(6)56-48(36-72-8)65-54(60(52,56)58(59)71)38(3)70(53)35-42-19-24-45(62)31-51(42)73-47-25-20-41(21-26-47)50-34-64-57(69(50)7)49-16-13-27-66(49)4/h10-12,14-15,17-26,31,34,37-38,43,46,48-49,52-56,63,65H,9,13,16,27-30,32-33,35-36H2,1-8H3/t37-,38-,43+,46-,48+,49?,52?,53?,54?,55?,56?,59?,60?/m0/s1. The van der Waals surface area contributed by atoms with Gasteiger partial charge in [-0.3, -0.25) is 24.4 Å². The van der Waals surface area contributed by atoms with E-state index in [0.717, 1.165) is 90.8 Å². The van der Waals surface area contributed by atoms with Crippen LogP contribution in [-0.4, -0.2) is 137 Å². The first-order valence-corrected chi connectivity index (χ1v) is 27.8. The number of nitrogens with zero attached hydrogens (tertiary/aromatic N) is 6. The minimum absolute atomic E-state index is 0.00170. The number of carbonyl (C=O) groups is 1. The number of ether oxygens (including phenoxy) is 2. The molecule has 73 heavy (non-hydrogen) atoms. The van der Waals surface area contributed by atoms with Crippen molar-refractivity contribution in [2.24, 2.45) is 23.8 Å². The fourth-order valence-electron chi connectivity index (χ4n) is 15.8. The molecule has 388 valence electrons. The molecular weight excluding hydrogens is 952 g/mol. The highest BCUT2D eigenvalue weighted by Crippen LogP contribution is 2.63. The summed E-state index contributed by atoms with van der Waals surface area (Å²) in [6.45, 7) is 10.1. The van der Waals surface area contributed by atoms with Crippen LogP contribution in [0.25, 0.3) is 11.3 Å². The van der Waals surface area contributed by atoms with Crippen molar-refractivity contribution in [2.75, 3.05) is 47.9 Å². The van der Waals surface area contributed by atoms with Crippen LogP contribution in [-0.2, 0) is 36.0 Å². The topological polar surface area (TPSA) is 90.4 Å². The second kappa shape index (κ2) is 20.4.